The van der Waals surface area contributed by atoms with Crippen molar-refractivity contribution in [2.75, 3.05) is 44.7 Å². The first-order valence-corrected chi connectivity index (χ1v) is 9.40. The molecule has 1 aromatic rings. The fourth-order valence-corrected chi connectivity index (χ4v) is 4.05. The SMILES string of the molecule is CCCCN1C(O)CCC1(O)N1CCN(c2ccccc2OC)CC1. The predicted molar refractivity (Wildman–Crippen MR) is 98.6 cm³/mol. The highest BCUT2D eigenvalue weighted by molar-refractivity contribution is 5.58. The molecule has 0 aromatic heterocycles. The molecule has 2 heterocycles. The number of piperazine rings is 1. The molecule has 2 N–H and O–H groups in total. The summed E-state index contributed by atoms with van der Waals surface area (Å²) >= 11 is 0. The van der Waals surface area contributed by atoms with Crippen molar-refractivity contribution < 1.29 is 14.9 Å². The lowest BCUT2D eigenvalue weighted by atomic mass is 10.1. The van der Waals surface area contributed by atoms with E-state index in [0.717, 1.165) is 57.0 Å². The van der Waals surface area contributed by atoms with Gasteiger partial charge < -0.3 is 19.8 Å². The Bertz CT molecular complexity index is 563. The van der Waals surface area contributed by atoms with Crippen molar-refractivity contribution >= 4 is 5.69 Å². The lowest BCUT2D eigenvalue weighted by Gasteiger charge is -2.47. The zero-order valence-corrected chi connectivity index (χ0v) is 15.4. The Morgan fingerprint density at radius 3 is 2.60 bits per heavy atom. The number of hydrogen-bond acceptors (Lipinski definition) is 6. The van der Waals surface area contributed by atoms with Crippen LogP contribution in [0.5, 0.6) is 5.75 Å². The summed E-state index contributed by atoms with van der Waals surface area (Å²) in [5.41, 5.74) is 1.10. The van der Waals surface area contributed by atoms with Gasteiger partial charge in [0.25, 0.3) is 0 Å². The zero-order chi connectivity index (χ0) is 17.9. The molecule has 2 aliphatic heterocycles. The van der Waals surface area contributed by atoms with E-state index in [9.17, 15) is 10.2 Å². The standard InChI is InChI=1S/C19H31N3O3/c1-3-4-11-22-18(23)9-10-19(22,24)21-14-12-20(13-15-21)16-7-5-6-8-17(16)25-2/h5-8,18,23-24H,3-4,9-15H2,1-2H3. The second-order valence-corrected chi connectivity index (χ2v) is 6.99. The van der Waals surface area contributed by atoms with Crippen LogP contribution in [0.2, 0.25) is 0 Å². The van der Waals surface area contributed by atoms with Crippen LogP contribution in [-0.4, -0.2) is 71.9 Å². The number of aliphatic hydroxyl groups is 2. The van der Waals surface area contributed by atoms with Gasteiger partial charge >= 0.3 is 0 Å². The van der Waals surface area contributed by atoms with Crippen molar-refractivity contribution in [3.8, 4) is 5.75 Å². The van der Waals surface area contributed by atoms with Gasteiger partial charge in [0.1, 0.15) is 12.0 Å². The minimum atomic E-state index is -1.01. The number of benzene rings is 1. The van der Waals surface area contributed by atoms with E-state index >= 15 is 0 Å². The number of methoxy groups -OCH3 is 1. The van der Waals surface area contributed by atoms with Crippen LogP contribution in [0.1, 0.15) is 32.6 Å². The molecule has 2 atom stereocenters. The predicted octanol–water partition coefficient (Wildman–Crippen LogP) is 1.68. The zero-order valence-electron chi connectivity index (χ0n) is 15.4. The second-order valence-electron chi connectivity index (χ2n) is 6.99. The smallest absolute Gasteiger partial charge is 0.179 e. The number of rotatable bonds is 6. The summed E-state index contributed by atoms with van der Waals surface area (Å²) < 4.78 is 5.47. The molecule has 2 fully saturated rings. The molecule has 2 aliphatic rings. The van der Waals surface area contributed by atoms with E-state index in [0.29, 0.717) is 12.8 Å². The molecule has 0 amide bonds. The third-order valence-corrected chi connectivity index (χ3v) is 5.52. The minimum absolute atomic E-state index is 0.538. The average molecular weight is 349 g/mol. The number of ether oxygens (including phenoxy) is 1. The van der Waals surface area contributed by atoms with Crippen LogP contribution in [0.25, 0.3) is 0 Å². The third kappa shape index (κ3) is 3.62. The first-order chi connectivity index (χ1) is 12.1. The second kappa shape index (κ2) is 7.91. The Hall–Kier alpha value is -1.34. The number of hydrogen-bond donors (Lipinski definition) is 2. The number of para-hydroxylation sites is 2. The van der Waals surface area contributed by atoms with Gasteiger partial charge in [0.15, 0.2) is 5.85 Å². The van der Waals surface area contributed by atoms with Crippen LogP contribution in [0.15, 0.2) is 24.3 Å². The first-order valence-electron chi connectivity index (χ1n) is 9.40. The largest absolute Gasteiger partial charge is 0.495 e. The summed E-state index contributed by atoms with van der Waals surface area (Å²) in [7, 11) is 1.70. The summed E-state index contributed by atoms with van der Waals surface area (Å²) in [4.78, 5) is 6.32. The van der Waals surface area contributed by atoms with Crippen LogP contribution in [-0.2, 0) is 0 Å². The van der Waals surface area contributed by atoms with Crippen LogP contribution < -0.4 is 9.64 Å². The van der Waals surface area contributed by atoms with Gasteiger partial charge in [-0.2, -0.15) is 0 Å². The molecule has 2 unspecified atom stereocenters. The van der Waals surface area contributed by atoms with Gasteiger partial charge in [0.2, 0.25) is 0 Å². The van der Waals surface area contributed by atoms with E-state index in [1.54, 1.807) is 7.11 Å². The van der Waals surface area contributed by atoms with E-state index in [4.69, 9.17) is 4.74 Å². The van der Waals surface area contributed by atoms with Gasteiger partial charge in [-0.05, 0) is 25.0 Å². The quantitative estimate of drug-likeness (QED) is 0.815. The topological polar surface area (TPSA) is 59.4 Å². The van der Waals surface area contributed by atoms with E-state index in [1.807, 2.05) is 23.1 Å². The van der Waals surface area contributed by atoms with Crippen molar-refractivity contribution in [1.29, 1.82) is 0 Å². The number of aliphatic hydroxyl groups excluding tert-OH is 1. The van der Waals surface area contributed by atoms with E-state index in [-0.39, 0.29) is 0 Å². The Morgan fingerprint density at radius 1 is 1.20 bits per heavy atom. The molecule has 6 heteroatoms. The molecular formula is C19H31N3O3. The van der Waals surface area contributed by atoms with E-state index in [1.165, 1.54) is 0 Å². The van der Waals surface area contributed by atoms with Crippen LogP contribution in [0.4, 0.5) is 5.69 Å². The lowest BCUT2D eigenvalue weighted by Crippen LogP contribution is -2.64. The van der Waals surface area contributed by atoms with Gasteiger partial charge in [0, 0.05) is 39.1 Å². The number of anilines is 1. The maximum atomic E-state index is 11.3. The Kier molecular flexibility index (Phi) is 5.84. The van der Waals surface area contributed by atoms with Crippen LogP contribution >= 0.6 is 0 Å². The van der Waals surface area contributed by atoms with Gasteiger partial charge in [0.05, 0.1) is 12.8 Å². The van der Waals surface area contributed by atoms with E-state index < -0.39 is 12.1 Å². The number of unbranched alkanes of at least 4 members (excludes halogenated alkanes) is 1. The summed E-state index contributed by atoms with van der Waals surface area (Å²) in [5.74, 6) is -0.128. The fraction of sp³-hybridized carbons (Fsp3) is 0.684. The molecule has 2 saturated heterocycles. The molecule has 1 aromatic carbocycles. The van der Waals surface area contributed by atoms with Crippen LogP contribution in [0.3, 0.4) is 0 Å². The molecule has 6 nitrogen and oxygen atoms in total. The van der Waals surface area contributed by atoms with Gasteiger partial charge in [-0.1, -0.05) is 25.5 Å². The first kappa shape index (κ1) is 18.5. The molecule has 0 bridgehead atoms. The summed E-state index contributed by atoms with van der Waals surface area (Å²) in [6, 6.07) is 8.07. The molecule has 0 saturated carbocycles. The van der Waals surface area contributed by atoms with Gasteiger partial charge in [-0.25, -0.2) is 4.90 Å². The average Bonchev–Trinajstić information content (AvgIpc) is 2.95. The maximum absolute atomic E-state index is 11.3. The normalized spacial score (nSPS) is 28.5. The Balaban J connectivity index is 1.67. The van der Waals surface area contributed by atoms with Gasteiger partial charge in [-0.3, -0.25) is 4.90 Å². The Labute approximate surface area is 150 Å². The van der Waals surface area contributed by atoms with Gasteiger partial charge in [-0.15, -0.1) is 0 Å². The van der Waals surface area contributed by atoms with Crippen molar-refractivity contribution in [1.82, 2.24) is 9.80 Å². The van der Waals surface area contributed by atoms with Crippen molar-refractivity contribution in [2.24, 2.45) is 0 Å². The highest BCUT2D eigenvalue weighted by Crippen LogP contribution is 2.36. The number of nitrogens with zero attached hydrogens (tertiary/aromatic N) is 3. The molecule has 3 rings (SSSR count). The highest BCUT2D eigenvalue weighted by Gasteiger charge is 2.48. The van der Waals surface area contributed by atoms with Crippen molar-refractivity contribution in [2.45, 2.75) is 44.7 Å². The van der Waals surface area contributed by atoms with Crippen molar-refractivity contribution in [3.63, 3.8) is 0 Å². The maximum Gasteiger partial charge on any atom is 0.179 e. The Morgan fingerprint density at radius 2 is 1.92 bits per heavy atom. The fourth-order valence-electron chi connectivity index (χ4n) is 4.05. The van der Waals surface area contributed by atoms with E-state index in [2.05, 4.69) is 22.8 Å². The monoisotopic (exact) mass is 349 g/mol. The van der Waals surface area contributed by atoms with Crippen molar-refractivity contribution in [3.05, 3.63) is 24.3 Å². The number of likely N-dealkylation sites (tertiary alicyclic amines) is 1. The lowest BCUT2D eigenvalue weighted by molar-refractivity contribution is -0.224. The molecule has 0 spiro atoms. The highest BCUT2D eigenvalue weighted by atomic mass is 16.5. The molecule has 25 heavy (non-hydrogen) atoms. The molecule has 0 radical (unpaired) electrons. The third-order valence-electron chi connectivity index (χ3n) is 5.52. The van der Waals surface area contributed by atoms with Crippen LogP contribution in [0, 0.1) is 0 Å². The summed E-state index contributed by atoms with van der Waals surface area (Å²) in [6.45, 7) is 6.07. The minimum Gasteiger partial charge on any atom is -0.495 e. The summed E-state index contributed by atoms with van der Waals surface area (Å²) in [6.07, 6.45) is 2.74. The molecule has 0 aliphatic carbocycles. The molecular weight excluding hydrogens is 318 g/mol. The summed E-state index contributed by atoms with van der Waals surface area (Å²) in [5, 5.41) is 21.6. The molecule has 140 valence electrons.